The van der Waals surface area contributed by atoms with Gasteiger partial charge in [-0.3, -0.25) is 9.29 Å². The molecule has 13 nitrogen and oxygen atoms in total. The molecule has 0 saturated carbocycles. The molecular formula is C27H35N7O6S. The fraction of sp³-hybridized carbons (Fsp3) is 0.444. The number of methoxy groups -OCH3 is 3. The summed E-state index contributed by atoms with van der Waals surface area (Å²) in [7, 11) is 0.308. The highest BCUT2D eigenvalue weighted by atomic mass is 32.2. The van der Waals surface area contributed by atoms with E-state index in [1.165, 1.54) is 28.3 Å². The van der Waals surface area contributed by atoms with Crippen LogP contribution in [0.3, 0.4) is 0 Å². The van der Waals surface area contributed by atoms with Gasteiger partial charge in [0.25, 0.3) is 0 Å². The summed E-state index contributed by atoms with van der Waals surface area (Å²) in [6, 6.07) is 5.18. The van der Waals surface area contributed by atoms with Crippen molar-refractivity contribution in [2.75, 3.05) is 32.7 Å². The summed E-state index contributed by atoms with van der Waals surface area (Å²) in [6.07, 6.45) is 5.54. The highest BCUT2D eigenvalue weighted by Gasteiger charge is 2.37. The van der Waals surface area contributed by atoms with Crippen molar-refractivity contribution in [3.63, 3.8) is 0 Å². The van der Waals surface area contributed by atoms with Gasteiger partial charge in [0.2, 0.25) is 21.9 Å². The van der Waals surface area contributed by atoms with E-state index in [2.05, 4.69) is 29.9 Å². The highest BCUT2D eigenvalue weighted by molar-refractivity contribution is 7.93. The third-order valence-electron chi connectivity index (χ3n) is 6.64. The third-order valence-corrected chi connectivity index (χ3v) is 8.33. The van der Waals surface area contributed by atoms with E-state index in [1.807, 2.05) is 32.9 Å². The van der Waals surface area contributed by atoms with Crippen LogP contribution >= 0.6 is 0 Å². The molecule has 3 aromatic rings. The average Bonchev–Trinajstić information content (AvgIpc) is 3.37. The first-order valence-corrected chi connectivity index (χ1v) is 14.6. The van der Waals surface area contributed by atoms with E-state index in [9.17, 15) is 8.42 Å². The van der Waals surface area contributed by atoms with Crippen molar-refractivity contribution in [2.45, 2.75) is 45.2 Å². The first-order chi connectivity index (χ1) is 19.6. The molecule has 3 aromatic heterocycles. The van der Waals surface area contributed by atoms with E-state index in [1.54, 1.807) is 35.2 Å². The molecule has 2 unspecified atom stereocenters. The number of nitrogens with zero attached hydrogens (tertiary/aromatic N) is 6. The standard InChI is InChI=1S/C27H35N7O6S/c1-8-40-23-17(3)12-13-20(37-5)22(23)34-26(19-10-9-11-21(30-19)38-6)31-32-27(34)33-41(35,36)18(4)24(39-7)25-28-14-16(2)15-29-25/h9-15,17-18,23-24H,8H2,1-7H3,(H,32,33)/t17?,18-,23?,24-/m0/s1. The maximum Gasteiger partial charge on any atom is 0.243 e. The van der Waals surface area contributed by atoms with Gasteiger partial charge in [-0.25, -0.2) is 23.4 Å². The van der Waals surface area contributed by atoms with Crippen LogP contribution in [0.5, 0.6) is 5.88 Å². The maximum absolute atomic E-state index is 13.8. The molecule has 1 aliphatic carbocycles. The van der Waals surface area contributed by atoms with Crippen LogP contribution in [0.4, 0.5) is 5.95 Å². The zero-order chi connectivity index (χ0) is 29.7. The van der Waals surface area contributed by atoms with Crippen molar-refractivity contribution in [3.05, 3.63) is 59.9 Å². The molecule has 1 N–H and O–H groups in total. The van der Waals surface area contributed by atoms with Gasteiger partial charge in [-0.1, -0.05) is 19.1 Å². The molecule has 14 heteroatoms. The van der Waals surface area contributed by atoms with Gasteiger partial charge in [0, 0.05) is 38.1 Å². The van der Waals surface area contributed by atoms with Crippen molar-refractivity contribution < 1.29 is 27.4 Å². The number of nitrogens with one attached hydrogen (secondary N) is 1. The van der Waals surface area contributed by atoms with Gasteiger partial charge in [-0.15, -0.1) is 10.2 Å². The summed E-state index contributed by atoms with van der Waals surface area (Å²) in [5.74, 6) is 1.17. The Balaban J connectivity index is 1.86. The van der Waals surface area contributed by atoms with Gasteiger partial charge in [-0.05, 0) is 38.5 Å². The molecule has 0 saturated heterocycles. The van der Waals surface area contributed by atoms with E-state index in [4.69, 9.17) is 18.9 Å². The maximum atomic E-state index is 13.8. The summed E-state index contributed by atoms with van der Waals surface area (Å²) in [5, 5.41) is 7.48. The number of pyridine rings is 1. The predicted molar refractivity (Wildman–Crippen MR) is 152 cm³/mol. The summed E-state index contributed by atoms with van der Waals surface area (Å²) in [6.45, 7) is 7.64. The molecule has 0 fully saturated rings. The normalized spacial score (nSPS) is 18.7. The molecule has 0 amide bonds. The fourth-order valence-corrected chi connectivity index (χ4v) is 5.60. The van der Waals surface area contributed by atoms with Crippen LogP contribution in [-0.2, 0) is 24.2 Å². The van der Waals surface area contributed by atoms with Gasteiger partial charge >= 0.3 is 0 Å². The Morgan fingerprint density at radius 3 is 2.46 bits per heavy atom. The lowest BCUT2D eigenvalue weighted by atomic mass is 9.95. The number of hydrogen-bond donors (Lipinski definition) is 1. The van der Waals surface area contributed by atoms with E-state index in [-0.39, 0.29) is 23.5 Å². The van der Waals surface area contributed by atoms with Gasteiger partial charge in [0.15, 0.2) is 11.6 Å². The Morgan fingerprint density at radius 1 is 1.10 bits per heavy atom. The number of hydrogen-bond acceptors (Lipinski definition) is 11. The largest absolute Gasteiger partial charge is 0.495 e. The lowest BCUT2D eigenvalue weighted by molar-refractivity contribution is 0.0717. The number of anilines is 1. The van der Waals surface area contributed by atoms with Crippen LogP contribution in [0, 0.1) is 12.8 Å². The summed E-state index contributed by atoms with van der Waals surface area (Å²) >= 11 is 0. The number of aromatic nitrogens is 6. The van der Waals surface area contributed by atoms with Crippen molar-refractivity contribution in [3.8, 4) is 17.4 Å². The van der Waals surface area contributed by atoms with Crippen LogP contribution in [0.1, 0.15) is 38.3 Å². The second-order valence-corrected chi connectivity index (χ2v) is 11.5. The zero-order valence-electron chi connectivity index (χ0n) is 24.1. The molecule has 4 atom stereocenters. The molecular weight excluding hydrogens is 550 g/mol. The molecule has 0 spiro atoms. The predicted octanol–water partition coefficient (Wildman–Crippen LogP) is 3.39. The molecule has 3 heterocycles. The second-order valence-electron chi connectivity index (χ2n) is 9.42. The second kappa shape index (κ2) is 12.7. The van der Waals surface area contributed by atoms with Gasteiger partial charge in [0.05, 0.1) is 19.9 Å². The minimum Gasteiger partial charge on any atom is -0.495 e. The lowest BCUT2D eigenvalue weighted by Gasteiger charge is -2.31. The van der Waals surface area contributed by atoms with Crippen LogP contribution in [0.15, 0.2) is 48.5 Å². The van der Waals surface area contributed by atoms with Crippen molar-refractivity contribution in [2.24, 2.45) is 5.92 Å². The fourth-order valence-electron chi connectivity index (χ4n) is 4.47. The molecule has 220 valence electrons. The topological polar surface area (TPSA) is 152 Å². The van der Waals surface area contributed by atoms with Crippen LogP contribution in [-0.4, -0.2) is 77.4 Å². The van der Waals surface area contributed by atoms with Gasteiger partial charge in [0.1, 0.15) is 28.9 Å². The number of allylic oxidation sites excluding steroid dienone is 1. The highest BCUT2D eigenvalue weighted by Crippen LogP contribution is 2.36. The minimum atomic E-state index is -4.14. The monoisotopic (exact) mass is 585 g/mol. The Labute approximate surface area is 239 Å². The zero-order valence-corrected chi connectivity index (χ0v) is 24.9. The molecule has 0 aliphatic heterocycles. The Kier molecular flexibility index (Phi) is 9.35. The summed E-state index contributed by atoms with van der Waals surface area (Å²) < 4.78 is 54.5. The summed E-state index contributed by atoms with van der Waals surface area (Å²) in [5.41, 5.74) is 1.76. The Hall–Kier alpha value is -3.88. The first-order valence-electron chi connectivity index (χ1n) is 13.0. The minimum absolute atomic E-state index is 0.0719. The van der Waals surface area contributed by atoms with Crippen molar-refractivity contribution >= 4 is 21.7 Å². The molecule has 0 radical (unpaired) electrons. The SMILES string of the molecule is CCOC1C(n2c(NS(=O)(=O)[C@@H](C)[C@H](OC)c3ncc(C)cn3)nnc2-c2cccc(OC)n2)=C(OC)C=CC1C. The van der Waals surface area contributed by atoms with Gasteiger partial charge in [-0.2, -0.15) is 0 Å². The van der Waals surface area contributed by atoms with Crippen LogP contribution in [0.25, 0.3) is 17.2 Å². The lowest BCUT2D eigenvalue weighted by Crippen LogP contribution is -2.35. The molecule has 41 heavy (non-hydrogen) atoms. The number of rotatable bonds is 12. The van der Waals surface area contributed by atoms with Crippen LogP contribution < -0.4 is 9.46 Å². The van der Waals surface area contributed by atoms with Gasteiger partial charge < -0.3 is 18.9 Å². The van der Waals surface area contributed by atoms with E-state index in [0.29, 0.717) is 29.6 Å². The van der Waals surface area contributed by atoms with E-state index >= 15 is 0 Å². The van der Waals surface area contributed by atoms with Crippen molar-refractivity contribution in [1.29, 1.82) is 0 Å². The van der Waals surface area contributed by atoms with Crippen molar-refractivity contribution in [1.82, 2.24) is 29.7 Å². The molecule has 0 aromatic carbocycles. The molecule has 0 bridgehead atoms. The quantitative estimate of drug-likeness (QED) is 0.333. The average molecular weight is 586 g/mol. The smallest absolute Gasteiger partial charge is 0.243 e. The Morgan fingerprint density at radius 2 is 1.83 bits per heavy atom. The number of aryl methyl sites for hydroxylation is 1. The van der Waals surface area contributed by atoms with E-state index < -0.39 is 27.5 Å². The number of ether oxygens (including phenoxy) is 4. The number of sulfonamides is 1. The first kappa shape index (κ1) is 30.1. The molecule has 1 aliphatic rings. The van der Waals surface area contributed by atoms with Crippen LogP contribution in [0.2, 0.25) is 0 Å². The third kappa shape index (κ3) is 6.24. The summed E-state index contributed by atoms with van der Waals surface area (Å²) in [4.78, 5) is 13.1. The van der Waals surface area contributed by atoms with E-state index in [0.717, 1.165) is 5.56 Å². The molecule has 4 rings (SSSR count). The Bertz CT molecular complexity index is 1520.